The van der Waals surface area contributed by atoms with Crippen molar-refractivity contribution in [3.8, 4) is 17.0 Å². The monoisotopic (exact) mass is 520 g/mol. The van der Waals surface area contributed by atoms with Gasteiger partial charge < -0.3 is 25.2 Å². The maximum absolute atomic E-state index is 14.4. The Bertz CT molecular complexity index is 1440. The number of aliphatic hydroxyl groups is 1. The van der Waals surface area contributed by atoms with Crippen LogP contribution in [0.1, 0.15) is 28.8 Å². The molecule has 0 atom stereocenters. The fraction of sp³-hybridized carbons (Fsp3) is 0.333. The Morgan fingerprint density at radius 2 is 2.08 bits per heavy atom. The van der Waals surface area contributed by atoms with Crippen LogP contribution >= 0.6 is 0 Å². The molecule has 1 aliphatic heterocycles. The maximum Gasteiger partial charge on any atom is 0.251 e. The van der Waals surface area contributed by atoms with Crippen LogP contribution < -0.4 is 15.4 Å². The summed E-state index contributed by atoms with van der Waals surface area (Å²) < 4.78 is 26.3. The molecule has 2 aromatic heterocycles. The van der Waals surface area contributed by atoms with Crippen LogP contribution in [-0.4, -0.2) is 63.7 Å². The number of amides is 1. The molecule has 4 aromatic rings. The zero-order valence-corrected chi connectivity index (χ0v) is 21.0. The number of rotatable bonds is 9. The Kier molecular flexibility index (Phi) is 7.75. The Labute approximate surface area is 218 Å². The van der Waals surface area contributed by atoms with Gasteiger partial charge in [0.05, 0.1) is 31.5 Å². The second kappa shape index (κ2) is 11.5. The Balaban J connectivity index is 1.33. The first-order chi connectivity index (χ1) is 18.5. The number of carbonyl (C=O) groups excluding carboxylic acids is 1. The molecule has 1 aliphatic rings. The number of nitrogens with one attached hydrogen (secondary N) is 2. The molecule has 5 rings (SSSR count). The SMILES string of the molecule is COc1ccc(-c2nn(CCO)cc2CNC(=O)c2ccc3cnc(NC4CCOCC4)nc3c2)cc1F. The average molecular weight is 521 g/mol. The van der Waals surface area contributed by atoms with Gasteiger partial charge in [-0.15, -0.1) is 0 Å². The molecule has 0 saturated carbocycles. The molecule has 1 saturated heterocycles. The van der Waals surface area contributed by atoms with Gasteiger partial charge in [0.25, 0.3) is 5.91 Å². The van der Waals surface area contributed by atoms with Crippen LogP contribution in [0.5, 0.6) is 5.75 Å². The van der Waals surface area contributed by atoms with Gasteiger partial charge >= 0.3 is 0 Å². The highest BCUT2D eigenvalue weighted by Crippen LogP contribution is 2.27. The lowest BCUT2D eigenvalue weighted by Gasteiger charge is -2.23. The molecule has 198 valence electrons. The molecule has 10 nitrogen and oxygen atoms in total. The summed E-state index contributed by atoms with van der Waals surface area (Å²) in [6, 6.07) is 10.1. The van der Waals surface area contributed by atoms with E-state index in [4.69, 9.17) is 9.47 Å². The van der Waals surface area contributed by atoms with E-state index in [9.17, 15) is 14.3 Å². The summed E-state index contributed by atoms with van der Waals surface area (Å²) in [4.78, 5) is 22.1. The second-order valence-corrected chi connectivity index (χ2v) is 9.02. The van der Waals surface area contributed by atoms with E-state index in [-0.39, 0.29) is 37.4 Å². The van der Waals surface area contributed by atoms with Crippen molar-refractivity contribution in [1.29, 1.82) is 0 Å². The van der Waals surface area contributed by atoms with Crippen LogP contribution in [0.3, 0.4) is 0 Å². The molecular formula is C27H29FN6O4. The number of halogens is 1. The molecule has 2 aromatic carbocycles. The van der Waals surface area contributed by atoms with Crippen molar-refractivity contribution in [3.05, 3.63) is 65.7 Å². The van der Waals surface area contributed by atoms with E-state index < -0.39 is 5.82 Å². The number of benzene rings is 2. The summed E-state index contributed by atoms with van der Waals surface area (Å²) in [6.45, 7) is 1.75. The Morgan fingerprint density at radius 1 is 1.24 bits per heavy atom. The van der Waals surface area contributed by atoms with E-state index in [1.165, 1.54) is 19.2 Å². The highest BCUT2D eigenvalue weighted by atomic mass is 19.1. The summed E-state index contributed by atoms with van der Waals surface area (Å²) in [5.41, 5.74) is 2.84. The highest BCUT2D eigenvalue weighted by Gasteiger charge is 2.17. The third-order valence-corrected chi connectivity index (χ3v) is 6.43. The molecule has 1 amide bonds. The molecule has 3 N–H and O–H groups in total. The molecule has 3 heterocycles. The molecule has 0 bridgehead atoms. The smallest absolute Gasteiger partial charge is 0.251 e. The van der Waals surface area contributed by atoms with E-state index in [0.29, 0.717) is 47.1 Å². The maximum atomic E-state index is 14.4. The molecule has 0 unspecified atom stereocenters. The minimum Gasteiger partial charge on any atom is -0.494 e. The number of aliphatic hydroxyl groups excluding tert-OH is 1. The van der Waals surface area contributed by atoms with Crippen LogP contribution in [0.15, 0.2) is 48.8 Å². The van der Waals surface area contributed by atoms with Gasteiger partial charge in [0.1, 0.15) is 0 Å². The van der Waals surface area contributed by atoms with E-state index in [0.717, 1.165) is 18.2 Å². The summed E-state index contributed by atoms with van der Waals surface area (Å²) in [6.07, 6.45) is 5.26. The van der Waals surface area contributed by atoms with Crippen molar-refractivity contribution in [2.24, 2.45) is 0 Å². The lowest BCUT2D eigenvalue weighted by Crippen LogP contribution is -2.28. The van der Waals surface area contributed by atoms with Crippen LogP contribution in [0.2, 0.25) is 0 Å². The number of methoxy groups -OCH3 is 1. The average Bonchev–Trinajstić information content (AvgIpc) is 3.34. The molecular weight excluding hydrogens is 491 g/mol. The zero-order chi connectivity index (χ0) is 26.5. The van der Waals surface area contributed by atoms with E-state index in [2.05, 4.69) is 25.7 Å². The van der Waals surface area contributed by atoms with Gasteiger partial charge in [0.2, 0.25) is 5.95 Å². The number of carbonyl (C=O) groups is 1. The number of ether oxygens (including phenoxy) is 2. The van der Waals surface area contributed by atoms with Crippen LogP contribution in [-0.2, 0) is 17.8 Å². The Hall–Kier alpha value is -4.09. The van der Waals surface area contributed by atoms with Gasteiger partial charge in [-0.2, -0.15) is 5.10 Å². The third-order valence-electron chi connectivity index (χ3n) is 6.43. The number of fused-ring (bicyclic) bond motifs is 1. The summed E-state index contributed by atoms with van der Waals surface area (Å²) >= 11 is 0. The lowest BCUT2D eigenvalue weighted by molar-refractivity contribution is 0.0903. The van der Waals surface area contributed by atoms with Gasteiger partial charge in [0.15, 0.2) is 11.6 Å². The fourth-order valence-electron chi connectivity index (χ4n) is 4.40. The molecule has 38 heavy (non-hydrogen) atoms. The van der Waals surface area contributed by atoms with Gasteiger partial charge in [0, 0.05) is 60.3 Å². The van der Waals surface area contributed by atoms with Crippen LogP contribution in [0.4, 0.5) is 10.3 Å². The molecule has 0 aliphatic carbocycles. The number of anilines is 1. The molecule has 1 fully saturated rings. The summed E-state index contributed by atoms with van der Waals surface area (Å²) in [7, 11) is 1.40. The van der Waals surface area contributed by atoms with Crippen molar-refractivity contribution in [2.75, 3.05) is 32.2 Å². The first-order valence-corrected chi connectivity index (χ1v) is 12.4. The molecule has 11 heteroatoms. The van der Waals surface area contributed by atoms with Crippen molar-refractivity contribution in [1.82, 2.24) is 25.1 Å². The molecule has 0 radical (unpaired) electrons. The van der Waals surface area contributed by atoms with E-state index >= 15 is 0 Å². The minimum atomic E-state index is -0.513. The largest absolute Gasteiger partial charge is 0.494 e. The predicted molar refractivity (Wildman–Crippen MR) is 139 cm³/mol. The first kappa shape index (κ1) is 25.6. The van der Waals surface area contributed by atoms with Gasteiger partial charge in [-0.3, -0.25) is 9.48 Å². The normalized spacial score (nSPS) is 14.0. The minimum absolute atomic E-state index is 0.103. The van der Waals surface area contributed by atoms with Gasteiger partial charge in [-0.25, -0.2) is 14.4 Å². The third kappa shape index (κ3) is 5.74. The van der Waals surface area contributed by atoms with Gasteiger partial charge in [-0.1, -0.05) is 6.07 Å². The second-order valence-electron chi connectivity index (χ2n) is 9.02. The Morgan fingerprint density at radius 3 is 2.84 bits per heavy atom. The number of hydrogen-bond acceptors (Lipinski definition) is 8. The van der Waals surface area contributed by atoms with Crippen molar-refractivity contribution >= 4 is 22.8 Å². The van der Waals surface area contributed by atoms with E-state index in [1.807, 2.05) is 6.07 Å². The van der Waals surface area contributed by atoms with Crippen LogP contribution in [0.25, 0.3) is 22.2 Å². The first-order valence-electron chi connectivity index (χ1n) is 12.4. The summed E-state index contributed by atoms with van der Waals surface area (Å²) in [5, 5.41) is 20.9. The van der Waals surface area contributed by atoms with Crippen molar-refractivity contribution in [2.45, 2.75) is 32.0 Å². The van der Waals surface area contributed by atoms with Crippen molar-refractivity contribution in [3.63, 3.8) is 0 Å². The number of aromatic nitrogens is 4. The lowest BCUT2D eigenvalue weighted by atomic mass is 10.1. The standard InChI is InChI=1S/C27H29FN6O4/c1-37-24-5-4-17(12-22(24)28)25-20(16-34(33-25)8-9-35)15-29-26(36)18-2-3-19-14-30-27(32-23(19)13-18)31-21-6-10-38-11-7-21/h2-5,12-14,16,21,35H,6-11,15H2,1H3,(H,29,36)(H,30,31,32). The van der Waals surface area contributed by atoms with Gasteiger partial charge in [-0.05, 0) is 43.2 Å². The highest BCUT2D eigenvalue weighted by molar-refractivity contribution is 5.97. The van der Waals surface area contributed by atoms with Crippen LogP contribution in [0, 0.1) is 5.82 Å². The quantitative estimate of drug-likeness (QED) is 0.308. The van der Waals surface area contributed by atoms with E-state index in [1.54, 1.807) is 35.3 Å². The zero-order valence-electron chi connectivity index (χ0n) is 21.0. The number of nitrogens with zero attached hydrogens (tertiary/aromatic N) is 4. The fourth-order valence-corrected chi connectivity index (χ4v) is 4.40. The number of hydrogen-bond donors (Lipinski definition) is 3. The molecule has 0 spiro atoms. The predicted octanol–water partition coefficient (Wildman–Crippen LogP) is 3.15. The van der Waals surface area contributed by atoms with Crippen molar-refractivity contribution < 1.29 is 23.8 Å². The topological polar surface area (TPSA) is 123 Å². The summed E-state index contributed by atoms with van der Waals surface area (Å²) in [5.74, 6) is -0.147.